The summed E-state index contributed by atoms with van der Waals surface area (Å²) in [6.45, 7) is 0.00328. The minimum atomic E-state index is -0.502. The van der Waals surface area contributed by atoms with E-state index in [1.807, 2.05) is 0 Å². The van der Waals surface area contributed by atoms with Crippen LogP contribution in [-0.2, 0) is 18.4 Å². The number of esters is 1. The molecule has 3 aromatic rings. The van der Waals surface area contributed by atoms with Crippen molar-refractivity contribution in [2.24, 2.45) is 7.05 Å². The number of nitrogens with zero attached hydrogens (tertiary/aromatic N) is 3. The maximum absolute atomic E-state index is 12.2. The summed E-state index contributed by atoms with van der Waals surface area (Å²) in [7, 11) is 4.88. The van der Waals surface area contributed by atoms with Crippen LogP contribution >= 0.6 is 0 Å². The lowest BCUT2D eigenvalue weighted by Crippen LogP contribution is -2.06. The molecule has 0 bridgehead atoms. The number of rotatable bonds is 5. The SMILES string of the molecule is COc1ccc(OC)c2[nH]c(C(=O)OCc3ncn(C)n3)cc12. The van der Waals surface area contributed by atoms with Crippen LogP contribution in [0.15, 0.2) is 24.5 Å². The second kappa shape index (κ2) is 5.99. The van der Waals surface area contributed by atoms with Crippen LogP contribution < -0.4 is 9.47 Å². The topological polar surface area (TPSA) is 91.3 Å². The van der Waals surface area contributed by atoms with Gasteiger partial charge in [0.1, 0.15) is 23.5 Å². The van der Waals surface area contributed by atoms with Crippen LogP contribution in [0.3, 0.4) is 0 Å². The van der Waals surface area contributed by atoms with Crippen molar-refractivity contribution in [3.05, 3.63) is 36.0 Å². The summed E-state index contributed by atoms with van der Waals surface area (Å²) in [6, 6.07) is 5.22. The lowest BCUT2D eigenvalue weighted by atomic mass is 10.2. The fourth-order valence-corrected chi connectivity index (χ4v) is 2.28. The summed E-state index contributed by atoms with van der Waals surface area (Å²) in [4.78, 5) is 19.2. The average molecular weight is 316 g/mol. The van der Waals surface area contributed by atoms with Crippen molar-refractivity contribution in [1.29, 1.82) is 0 Å². The van der Waals surface area contributed by atoms with Crippen LogP contribution in [0.1, 0.15) is 16.3 Å². The van der Waals surface area contributed by atoms with Crippen molar-refractivity contribution in [1.82, 2.24) is 19.7 Å². The lowest BCUT2D eigenvalue weighted by molar-refractivity contribution is 0.0456. The molecule has 0 atom stereocenters. The molecule has 8 nitrogen and oxygen atoms in total. The summed E-state index contributed by atoms with van der Waals surface area (Å²) in [5.41, 5.74) is 0.980. The van der Waals surface area contributed by atoms with E-state index < -0.39 is 5.97 Å². The Hall–Kier alpha value is -3.03. The van der Waals surface area contributed by atoms with Gasteiger partial charge in [-0.2, -0.15) is 5.10 Å². The van der Waals surface area contributed by atoms with Gasteiger partial charge >= 0.3 is 5.97 Å². The summed E-state index contributed by atoms with van der Waals surface area (Å²) in [5.74, 6) is 1.19. The highest BCUT2D eigenvalue weighted by molar-refractivity contribution is 5.99. The minimum Gasteiger partial charge on any atom is -0.496 e. The van der Waals surface area contributed by atoms with Crippen LogP contribution in [0.4, 0.5) is 0 Å². The molecule has 1 aromatic carbocycles. The van der Waals surface area contributed by atoms with Gasteiger partial charge in [-0.1, -0.05) is 0 Å². The average Bonchev–Trinajstić information content (AvgIpc) is 3.18. The van der Waals surface area contributed by atoms with Gasteiger partial charge in [-0.15, -0.1) is 0 Å². The van der Waals surface area contributed by atoms with E-state index >= 15 is 0 Å². The van der Waals surface area contributed by atoms with E-state index in [4.69, 9.17) is 14.2 Å². The molecule has 0 aliphatic heterocycles. The molecule has 0 radical (unpaired) electrons. The number of hydrogen-bond acceptors (Lipinski definition) is 6. The molecule has 0 aliphatic carbocycles. The second-order valence-electron chi connectivity index (χ2n) is 4.85. The number of aryl methyl sites for hydroxylation is 1. The summed E-state index contributed by atoms with van der Waals surface area (Å²) >= 11 is 0. The first kappa shape index (κ1) is 14.9. The molecule has 0 amide bonds. The van der Waals surface area contributed by atoms with E-state index in [0.29, 0.717) is 28.5 Å². The highest BCUT2D eigenvalue weighted by Gasteiger charge is 2.17. The first-order valence-corrected chi connectivity index (χ1v) is 6.87. The fraction of sp³-hybridized carbons (Fsp3) is 0.267. The summed E-state index contributed by atoms with van der Waals surface area (Å²) < 4.78 is 17.3. The van der Waals surface area contributed by atoms with E-state index in [9.17, 15) is 4.79 Å². The van der Waals surface area contributed by atoms with E-state index in [2.05, 4.69) is 15.1 Å². The molecular formula is C15H16N4O4. The Morgan fingerprint density at radius 2 is 2.00 bits per heavy atom. The fourth-order valence-electron chi connectivity index (χ4n) is 2.28. The summed E-state index contributed by atoms with van der Waals surface area (Å²) in [5, 5.41) is 4.80. The zero-order valence-corrected chi connectivity index (χ0v) is 13.0. The molecule has 3 rings (SSSR count). The number of methoxy groups -OCH3 is 2. The van der Waals surface area contributed by atoms with Crippen molar-refractivity contribution in [2.45, 2.75) is 6.61 Å². The smallest absolute Gasteiger partial charge is 0.355 e. The van der Waals surface area contributed by atoms with Crippen molar-refractivity contribution >= 4 is 16.9 Å². The molecule has 2 heterocycles. The number of carbonyl (C=O) groups is 1. The van der Waals surface area contributed by atoms with Crippen molar-refractivity contribution in [3.8, 4) is 11.5 Å². The molecule has 8 heteroatoms. The van der Waals surface area contributed by atoms with Crippen LogP contribution in [0.5, 0.6) is 11.5 Å². The molecule has 0 aliphatic rings. The van der Waals surface area contributed by atoms with E-state index in [1.54, 1.807) is 50.5 Å². The van der Waals surface area contributed by atoms with Gasteiger partial charge < -0.3 is 19.2 Å². The van der Waals surface area contributed by atoms with Crippen LogP contribution in [-0.4, -0.2) is 39.9 Å². The highest BCUT2D eigenvalue weighted by atomic mass is 16.5. The number of carbonyl (C=O) groups excluding carboxylic acids is 1. The zero-order valence-electron chi connectivity index (χ0n) is 13.0. The monoisotopic (exact) mass is 316 g/mol. The quantitative estimate of drug-likeness (QED) is 0.720. The van der Waals surface area contributed by atoms with Crippen LogP contribution in [0.2, 0.25) is 0 Å². The van der Waals surface area contributed by atoms with Gasteiger partial charge in [0.25, 0.3) is 0 Å². The molecule has 1 N–H and O–H groups in total. The number of benzene rings is 1. The van der Waals surface area contributed by atoms with E-state index in [0.717, 1.165) is 5.39 Å². The van der Waals surface area contributed by atoms with Crippen molar-refractivity contribution in [2.75, 3.05) is 14.2 Å². The van der Waals surface area contributed by atoms with Crippen molar-refractivity contribution in [3.63, 3.8) is 0 Å². The van der Waals surface area contributed by atoms with Crippen LogP contribution in [0.25, 0.3) is 10.9 Å². The molecule has 2 aromatic heterocycles. The van der Waals surface area contributed by atoms with Gasteiger partial charge in [0, 0.05) is 12.4 Å². The maximum Gasteiger partial charge on any atom is 0.355 e. The largest absolute Gasteiger partial charge is 0.496 e. The Balaban J connectivity index is 1.85. The molecule has 120 valence electrons. The standard InChI is InChI=1S/C15H16N4O4/c1-19-8-16-13(18-19)7-23-15(20)10-6-9-11(21-2)4-5-12(22-3)14(9)17-10/h4-6,8,17H,7H2,1-3H3. The third-order valence-electron chi connectivity index (χ3n) is 3.35. The Bertz CT molecular complexity index is 811. The van der Waals surface area contributed by atoms with Gasteiger partial charge in [-0.05, 0) is 18.2 Å². The lowest BCUT2D eigenvalue weighted by Gasteiger charge is -2.05. The third-order valence-corrected chi connectivity index (χ3v) is 3.35. The van der Waals surface area contributed by atoms with E-state index in [1.165, 1.54) is 0 Å². The number of hydrogen-bond donors (Lipinski definition) is 1. The first-order valence-electron chi connectivity index (χ1n) is 6.87. The predicted octanol–water partition coefficient (Wildman–Crippen LogP) is 1.67. The Morgan fingerprint density at radius 3 is 2.65 bits per heavy atom. The molecule has 23 heavy (non-hydrogen) atoms. The summed E-state index contributed by atoms with van der Waals surface area (Å²) in [6.07, 6.45) is 1.54. The number of nitrogens with one attached hydrogen (secondary N) is 1. The molecule has 0 spiro atoms. The number of fused-ring (bicyclic) bond motifs is 1. The van der Waals surface area contributed by atoms with Gasteiger partial charge in [0.2, 0.25) is 0 Å². The maximum atomic E-state index is 12.2. The minimum absolute atomic E-state index is 0.00328. The van der Waals surface area contributed by atoms with Gasteiger partial charge in [-0.3, -0.25) is 4.68 Å². The first-order chi connectivity index (χ1) is 11.1. The molecule has 0 saturated heterocycles. The van der Waals surface area contributed by atoms with Gasteiger partial charge in [0.05, 0.1) is 19.7 Å². The van der Waals surface area contributed by atoms with Crippen LogP contribution in [0, 0.1) is 0 Å². The van der Waals surface area contributed by atoms with Gasteiger partial charge in [0.15, 0.2) is 12.4 Å². The Labute approximate surface area is 132 Å². The third kappa shape index (κ3) is 2.83. The van der Waals surface area contributed by atoms with E-state index in [-0.39, 0.29) is 6.61 Å². The molecular weight excluding hydrogens is 300 g/mol. The predicted molar refractivity (Wildman–Crippen MR) is 81.5 cm³/mol. The molecule has 0 saturated carbocycles. The number of aromatic amines is 1. The second-order valence-corrected chi connectivity index (χ2v) is 4.85. The van der Waals surface area contributed by atoms with Gasteiger partial charge in [-0.25, -0.2) is 9.78 Å². The molecule has 0 unspecified atom stereocenters. The number of ether oxygens (including phenoxy) is 3. The normalized spacial score (nSPS) is 10.7. The number of aromatic nitrogens is 4. The Kier molecular flexibility index (Phi) is 3.88. The number of H-pyrrole nitrogens is 1. The van der Waals surface area contributed by atoms with Crippen molar-refractivity contribution < 1.29 is 19.0 Å². The Morgan fingerprint density at radius 1 is 1.26 bits per heavy atom. The highest BCUT2D eigenvalue weighted by Crippen LogP contribution is 2.33. The molecule has 0 fully saturated rings. The zero-order chi connectivity index (χ0) is 16.4.